The average molecular weight is 502 g/mol. The molecule has 9 heteroatoms. The molecule has 0 heterocycles. The summed E-state index contributed by atoms with van der Waals surface area (Å²) in [4.78, 5) is 47.5. The van der Waals surface area contributed by atoms with Gasteiger partial charge in [-0.3, -0.25) is 14.4 Å². The molecule has 36 heavy (non-hydrogen) atoms. The van der Waals surface area contributed by atoms with E-state index in [2.05, 4.69) is 5.32 Å². The second kappa shape index (κ2) is 9.75. The van der Waals surface area contributed by atoms with Crippen molar-refractivity contribution in [3.8, 4) is 0 Å². The Morgan fingerprint density at radius 2 is 1.11 bits per heavy atom. The van der Waals surface area contributed by atoms with Crippen LogP contribution in [0.3, 0.4) is 0 Å². The predicted octanol–water partition coefficient (Wildman–Crippen LogP) is 4.59. The molecule has 1 aromatic rings. The number of amides is 1. The Bertz CT molecular complexity index is 930. The van der Waals surface area contributed by atoms with Crippen LogP contribution in [0.1, 0.15) is 82.6 Å². The number of rotatable bonds is 12. The average Bonchev–Trinajstić information content (AvgIpc) is 2.79. The predicted molar refractivity (Wildman–Crippen MR) is 128 cm³/mol. The number of alkyl carbamates (subject to hydrolysis) is 1. The third-order valence-corrected chi connectivity index (χ3v) is 8.58. The zero-order valence-corrected chi connectivity index (χ0v) is 20.5. The molecule has 4 fully saturated rings. The summed E-state index contributed by atoms with van der Waals surface area (Å²) in [5.41, 5.74) is -1.00. The zero-order valence-electron chi connectivity index (χ0n) is 20.5. The molecule has 4 bridgehead atoms. The molecule has 0 spiro atoms. The smallest absolute Gasteiger partial charge is 0.407 e. The van der Waals surface area contributed by atoms with Crippen LogP contribution in [0.25, 0.3) is 0 Å². The molecule has 196 valence electrons. The lowest BCUT2D eigenvalue weighted by molar-refractivity contribution is -0.189. The molecule has 0 saturated heterocycles. The second-order valence-corrected chi connectivity index (χ2v) is 11.7. The maximum absolute atomic E-state index is 13.0. The SMILES string of the molecule is O=C(O)CCC12CC3(CCC(=O)O)CC(CCC(=O)O)(C1)CC(NC(=O)OCc1ccccc1)(C2)C3. The molecule has 0 aliphatic heterocycles. The van der Waals surface area contributed by atoms with Gasteiger partial charge in [0, 0.05) is 24.8 Å². The number of benzene rings is 1. The van der Waals surface area contributed by atoms with E-state index in [1.54, 1.807) is 0 Å². The summed E-state index contributed by atoms with van der Waals surface area (Å²) in [5.74, 6) is -2.68. The fourth-order valence-corrected chi connectivity index (χ4v) is 8.31. The number of carboxylic acid groups (broad SMARTS) is 3. The van der Waals surface area contributed by atoms with Crippen molar-refractivity contribution in [3.05, 3.63) is 35.9 Å². The highest BCUT2D eigenvalue weighted by Crippen LogP contribution is 2.74. The molecule has 4 aliphatic rings. The first kappa shape index (κ1) is 26.0. The summed E-state index contributed by atoms with van der Waals surface area (Å²) < 4.78 is 5.53. The highest BCUT2D eigenvalue weighted by molar-refractivity contribution is 5.69. The lowest BCUT2D eigenvalue weighted by Gasteiger charge is -2.71. The molecule has 4 N–H and O–H groups in total. The van der Waals surface area contributed by atoms with Crippen LogP contribution in [0.4, 0.5) is 4.79 Å². The summed E-state index contributed by atoms with van der Waals surface area (Å²) in [6.45, 7) is 0.112. The van der Waals surface area contributed by atoms with Crippen LogP contribution in [0.5, 0.6) is 0 Å². The topological polar surface area (TPSA) is 150 Å². The maximum Gasteiger partial charge on any atom is 0.407 e. The fourth-order valence-electron chi connectivity index (χ4n) is 8.31. The standard InChI is InChI=1S/C27H35NO8/c29-20(30)6-9-24-13-25(10-7-21(31)32)15-26(14-24,11-8-22(33)34)18-27(16-24,17-25)28-23(35)36-12-19-4-2-1-3-5-19/h1-5H,6-18H2,(H,28,35)(H,29,30)(H,31,32)(H,33,34). The van der Waals surface area contributed by atoms with E-state index in [0.717, 1.165) is 5.56 Å². The fraction of sp³-hybridized carbons (Fsp3) is 0.630. The van der Waals surface area contributed by atoms with Crippen LogP contribution in [-0.2, 0) is 25.7 Å². The minimum absolute atomic E-state index is 0.0153. The minimum Gasteiger partial charge on any atom is -0.481 e. The van der Waals surface area contributed by atoms with Gasteiger partial charge >= 0.3 is 24.0 Å². The van der Waals surface area contributed by atoms with E-state index >= 15 is 0 Å². The number of carbonyl (C=O) groups excluding carboxylic acids is 1. The maximum atomic E-state index is 13.0. The monoisotopic (exact) mass is 501 g/mol. The molecule has 0 aromatic heterocycles. The first-order valence-electron chi connectivity index (χ1n) is 12.6. The van der Waals surface area contributed by atoms with Crippen molar-refractivity contribution in [2.75, 3.05) is 0 Å². The van der Waals surface area contributed by atoms with Gasteiger partial charge in [0.05, 0.1) is 0 Å². The number of hydrogen-bond acceptors (Lipinski definition) is 5. The third kappa shape index (κ3) is 5.82. The molecule has 4 aliphatic carbocycles. The highest BCUT2D eigenvalue weighted by Gasteiger charge is 2.68. The number of aliphatic carboxylic acids is 3. The zero-order chi connectivity index (χ0) is 26.0. The number of carbonyl (C=O) groups is 4. The minimum atomic E-state index is -0.894. The van der Waals surface area contributed by atoms with Crippen molar-refractivity contribution < 1.29 is 39.2 Å². The molecule has 0 radical (unpaired) electrons. The van der Waals surface area contributed by atoms with E-state index in [1.165, 1.54) is 0 Å². The van der Waals surface area contributed by atoms with Crippen molar-refractivity contribution in [1.29, 1.82) is 0 Å². The van der Waals surface area contributed by atoms with Crippen LogP contribution >= 0.6 is 0 Å². The van der Waals surface area contributed by atoms with Crippen molar-refractivity contribution >= 4 is 24.0 Å². The van der Waals surface area contributed by atoms with Gasteiger partial charge in [0.2, 0.25) is 0 Å². The van der Waals surface area contributed by atoms with Gasteiger partial charge in [0.1, 0.15) is 6.61 Å². The van der Waals surface area contributed by atoms with Crippen LogP contribution < -0.4 is 5.32 Å². The Hall–Kier alpha value is -3.10. The summed E-state index contributed by atoms with van der Waals surface area (Å²) in [6, 6.07) is 9.32. The van der Waals surface area contributed by atoms with E-state index in [-0.39, 0.29) is 25.9 Å². The Kier molecular flexibility index (Phi) is 7.03. The molecule has 5 rings (SSSR count). The first-order valence-corrected chi connectivity index (χ1v) is 12.6. The van der Waals surface area contributed by atoms with Crippen molar-refractivity contribution in [1.82, 2.24) is 5.32 Å². The Balaban J connectivity index is 1.62. The van der Waals surface area contributed by atoms with Crippen molar-refractivity contribution in [3.63, 3.8) is 0 Å². The normalized spacial score (nSPS) is 32.1. The Labute approximate surface area is 210 Å². The van der Waals surface area contributed by atoms with Gasteiger partial charge < -0.3 is 25.4 Å². The lowest BCUT2D eigenvalue weighted by atomic mass is 9.35. The van der Waals surface area contributed by atoms with E-state index < -0.39 is 45.8 Å². The molecule has 9 nitrogen and oxygen atoms in total. The van der Waals surface area contributed by atoms with E-state index in [9.17, 15) is 34.5 Å². The lowest BCUT2D eigenvalue weighted by Crippen LogP contribution is -2.69. The van der Waals surface area contributed by atoms with Crippen molar-refractivity contribution in [2.24, 2.45) is 16.2 Å². The number of ether oxygens (including phenoxy) is 1. The second-order valence-electron chi connectivity index (χ2n) is 11.7. The first-order chi connectivity index (χ1) is 17.0. The van der Waals surface area contributed by atoms with Crippen LogP contribution in [0.15, 0.2) is 30.3 Å². The quantitative estimate of drug-likeness (QED) is 0.325. The van der Waals surface area contributed by atoms with E-state index in [1.807, 2.05) is 30.3 Å². The summed E-state index contributed by atoms with van der Waals surface area (Å²) in [6.07, 6.45) is 4.57. The summed E-state index contributed by atoms with van der Waals surface area (Å²) in [7, 11) is 0. The Morgan fingerprint density at radius 1 is 0.694 bits per heavy atom. The van der Waals surface area contributed by atoms with Crippen LogP contribution in [0, 0.1) is 16.2 Å². The number of nitrogens with one attached hydrogen (secondary N) is 1. The van der Waals surface area contributed by atoms with Gasteiger partial charge in [-0.1, -0.05) is 30.3 Å². The molecule has 1 amide bonds. The summed E-state index contributed by atoms with van der Waals surface area (Å²) in [5, 5.41) is 31.4. The number of carboxylic acids is 3. The molecule has 1 aromatic carbocycles. The molecular weight excluding hydrogens is 466 g/mol. The van der Waals surface area contributed by atoms with E-state index in [4.69, 9.17) is 4.74 Å². The van der Waals surface area contributed by atoms with Crippen LogP contribution in [-0.4, -0.2) is 44.9 Å². The molecule has 0 atom stereocenters. The molecule has 0 unspecified atom stereocenters. The molecule has 4 saturated carbocycles. The van der Waals surface area contributed by atoms with Gasteiger partial charge in [-0.15, -0.1) is 0 Å². The van der Waals surface area contributed by atoms with Gasteiger partial charge in [-0.25, -0.2) is 4.79 Å². The highest BCUT2D eigenvalue weighted by atomic mass is 16.5. The van der Waals surface area contributed by atoms with Gasteiger partial charge in [-0.05, 0) is 79.6 Å². The largest absolute Gasteiger partial charge is 0.481 e. The van der Waals surface area contributed by atoms with Crippen LogP contribution in [0.2, 0.25) is 0 Å². The van der Waals surface area contributed by atoms with Gasteiger partial charge in [0.15, 0.2) is 0 Å². The van der Waals surface area contributed by atoms with E-state index in [0.29, 0.717) is 57.8 Å². The van der Waals surface area contributed by atoms with Crippen molar-refractivity contribution in [2.45, 2.75) is 89.2 Å². The third-order valence-electron chi connectivity index (χ3n) is 8.58. The van der Waals surface area contributed by atoms with Gasteiger partial charge in [0.25, 0.3) is 0 Å². The van der Waals surface area contributed by atoms with Gasteiger partial charge in [-0.2, -0.15) is 0 Å². The number of hydrogen-bond donors (Lipinski definition) is 4. The molecular formula is C27H35NO8. The Morgan fingerprint density at radius 3 is 1.50 bits per heavy atom. The summed E-state index contributed by atoms with van der Waals surface area (Å²) >= 11 is 0.